The van der Waals surface area contributed by atoms with Gasteiger partial charge in [-0.05, 0) is 74.6 Å². The summed E-state index contributed by atoms with van der Waals surface area (Å²) in [6.07, 6.45) is 2.72. The van der Waals surface area contributed by atoms with Crippen molar-refractivity contribution in [3.8, 4) is 5.75 Å². The Morgan fingerprint density at radius 2 is 2.00 bits per heavy atom. The van der Waals surface area contributed by atoms with Crippen LogP contribution in [-0.2, 0) is 19.6 Å². The van der Waals surface area contributed by atoms with E-state index in [1.165, 1.54) is 34.9 Å². The number of ether oxygens (including phenoxy) is 2. The number of methoxy groups -OCH3 is 1. The second kappa shape index (κ2) is 10.3. The van der Waals surface area contributed by atoms with Gasteiger partial charge in [0.05, 0.1) is 34.9 Å². The molecule has 2 atom stereocenters. The van der Waals surface area contributed by atoms with Crippen LogP contribution in [0, 0.1) is 6.92 Å². The SMILES string of the molecule is COc1ccc(S(=O)(=O)N2CCCC2C(=O)N(CC2CCCO2)c2nc3c(C)c(Cl)ccc3s2)cc1. The maximum atomic E-state index is 14.0. The summed E-state index contributed by atoms with van der Waals surface area (Å²) >= 11 is 7.72. The molecule has 0 N–H and O–H groups in total. The third kappa shape index (κ3) is 4.72. The topological polar surface area (TPSA) is 89.0 Å². The summed E-state index contributed by atoms with van der Waals surface area (Å²) in [6.45, 7) is 3.18. The van der Waals surface area contributed by atoms with Gasteiger partial charge in [-0.25, -0.2) is 13.4 Å². The van der Waals surface area contributed by atoms with E-state index in [1.54, 1.807) is 17.0 Å². The number of hydrogen-bond acceptors (Lipinski definition) is 7. The number of nitrogens with zero attached hydrogens (tertiary/aromatic N) is 3. The van der Waals surface area contributed by atoms with E-state index in [0.29, 0.717) is 41.9 Å². The van der Waals surface area contributed by atoms with Crippen LogP contribution >= 0.6 is 22.9 Å². The number of sulfonamides is 1. The third-order valence-corrected chi connectivity index (χ3v) is 10.2. The van der Waals surface area contributed by atoms with Gasteiger partial charge in [0, 0.05) is 18.2 Å². The predicted octanol–water partition coefficient (Wildman–Crippen LogP) is 4.63. The predicted molar refractivity (Wildman–Crippen MR) is 141 cm³/mol. The van der Waals surface area contributed by atoms with Crippen molar-refractivity contribution in [2.24, 2.45) is 0 Å². The smallest absolute Gasteiger partial charge is 0.247 e. The van der Waals surface area contributed by atoms with Crippen LogP contribution in [0.3, 0.4) is 0 Å². The van der Waals surface area contributed by atoms with E-state index in [9.17, 15) is 13.2 Å². The van der Waals surface area contributed by atoms with Crippen LogP contribution < -0.4 is 9.64 Å². The summed E-state index contributed by atoms with van der Waals surface area (Å²) in [7, 11) is -2.35. The average Bonchev–Trinajstić information content (AvgIpc) is 3.65. The van der Waals surface area contributed by atoms with Gasteiger partial charge in [-0.15, -0.1) is 0 Å². The fraction of sp³-hybridized carbons (Fsp3) is 0.440. The minimum Gasteiger partial charge on any atom is -0.497 e. The molecule has 0 saturated carbocycles. The number of amides is 1. The molecule has 5 rings (SSSR count). The van der Waals surface area contributed by atoms with E-state index in [4.69, 9.17) is 26.1 Å². The highest BCUT2D eigenvalue weighted by molar-refractivity contribution is 7.89. The third-order valence-electron chi connectivity index (χ3n) is 6.80. The van der Waals surface area contributed by atoms with Crippen LogP contribution in [0.2, 0.25) is 5.02 Å². The van der Waals surface area contributed by atoms with Gasteiger partial charge in [0.2, 0.25) is 15.9 Å². The van der Waals surface area contributed by atoms with E-state index in [2.05, 4.69) is 0 Å². The molecule has 0 bridgehead atoms. The van der Waals surface area contributed by atoms with Gasteiger partial charge in [-0.3, -0.25) is 9.69 Å². The summed E-state index contributed by atoms with van der Waals surface area (Å²) < 4.78 is 40.3. The molecule has 36 heavy (non-hydrogen) atoms. The quantitative estimate of drug-likeness (QED) is 0.427. The molecule has 0 radical (unpaired) electrons. The van der Waals surface area contributed by atoms with Crippen molar-refractivity contribution in [2.75, 3.05) is 31.7 Å². The minimum atomic E-state index is -3.87. The Hall–Kier alpha value is -2.24. The fourth-order valence-electron chi connectivity index (χ4n) is 4.80. The summed E-state index contributed by atoms with van der Waals surface area (Å²) in [5.41, 5.74) is 1.60. The van der Waals surface area contributed by atoms with Crippen LogP contribution in [-0.4, -0.2) is 62.6 Å². The first kappa shape index (κ1) is 25.4. The van der Waals surface area contributed by atoms with E-state index < -0.39 is 16.1 Å². The van der Waals surface area contributed by atoms with Crippen LogP contribution in [0.1, 0.15) is 31.2 Å². The monoisotopic (exact) mass is 549 g/mol. The highest BCUT2D eigenvalue weighted by Gasteiger charge is 2.42. The summed E-state index contributed by atoms with van der Waals surface area (Å²) in [5, 5.41) is 1.15. The molecule has 0 aliphatic carbocycles. The van der Waals surface area contributed by atoms with Crippen molar-refractivity contribution in [3.63, 3.8) is 0 Å². The van der Waals surface area contributed by atoms with Crippen molar-refractivity contribution in [2.45, 2.75) is 49.6 Å². The summed E-state index contributed by atoms with van der Waals surface area (Å²) in [6, 6.07) is 9.16. The number of aromatic nitrogens is 1. The number of carbonyl (C=O) groups is 1. The van der Waals surface area contributed by atoms with Crippen LogP contribution in [0.4, 0.5) is 5.13 Å². The normalized spacial score (nSPS) is 20.8. The van der Waals surface area contributed by atoms with Gasteiger partial charge in [0.25, 0.3) is 0 Å². The van der Waals surface area contributed by atoms with Gasteiger partial charge < -0.3 is 9.47 Å². The Balaban J connectivity index is 1.49. The molecule has 1 amide bonds. The van der Waals surface area contributed by atoms with Gasteiger partial charge >= 0.3 is 0 Å². The maximum absolute atomic E-state index is 14.0. The van der Waals surface area contributed by atoms with Crippen molar-refractivity contribution in [1.82, 2.24) is 9.29 Å². The van der Waals surface area contributed by atoms with Crippen LogP contribution in [0.15, 0.2) is 41.3 Å². The lowest BCUT2D eigenvalue weighted by Crippen LogP contribution is -2.49. The molecule has 2 aliphatic rings. The molecule has 3 heterocycles. The highest BCUT2D eigenvalue weighted by Crippen LogP contribution is 2.36. The first-order chi connectivity index (χ1) is 17.3. The lowest BCUT2D eigenvalue weighted by Gasteiger charge is -2.29. The Labute approximate surface area is 219 Å². The number of benzene rings is 2. The highest BCUT2D eigenvalue weighted by atomic mass is 35.5. The number of fused-ring (bicyclic) bond motifs is 1. The number of halogens is 1. The van der Waals surface area contributed by atoms with Crippen LogP contribution in [0.25, 0.3) is 10.2 Å². The summed E-state index contributed by atoms with van der Waals surface area (Å²) in [4.78, 5) is 20.6. The molecule has 3 aromatic rings. The average molecular weight is 550 g/mol. The molecule has 2 saturated heterocycles. The van der Waals surface area contributed by atoms with Crippen molar-refractivity contribution < 1.29 is 22.7 Å². The molecule has 0 spiro atoms. The molecule has 8 nitrogen and oxygen atoms in total. The zero-order valence-electron chi connectivity index (χ0n) is 20.1. The lowest BCUT2D eigenvalue weighted by molar-refractivity contribution is -0.122. The molecule has 192 valence electrons. The Morgan fingerprint density at radius 1 is 1.22 bits per heavy atom. The first-order valence-electron chi connectivity index (χ1n) is 11.9. The number of aryl methyl sites for hydroxylation is 1. The van der Waals surface area contributed by atoms with Crippen LogP contribution in [0.5, 0.6) is 5.75 Å². The van der Waals surface area contributed by atoms with Gasteiger partial charge in [0.1, 0.15) is 11.8 Å². The number of hydrogen-bond donors (Lipinski definition) is 0. The molecule has 11 heteroatoms. The second-order valence-electron chi connectivity index (χ2n) is 9.05. The molecule has 2 aliphatic heterocycles. The molecular formula is C25H28ClN3O5S2. The lowest BCUT2D eigenvalue weighted by atomic mass is 10.2. The molecule has 2 fully saturated rings. The number of thiazole rings is 1. The standard InChI is InChI=1S/C25H28ClN3O5S2/c1-16-20(26)11-12-22-23(16)27-25(35-22)28(15-18-5-4-14-34-18)24(30)21-6-3-13-29(21)36(31,32)19-9-7-17(33-2)8-10-19/h7-12,18,21H,3-6,13-15H2,1-2H3. The maximum Gasteiger partial charge on any atom is 0.247 e. The molecular weight excluding hydrogens is 522 g/mol. The number of anilines is 1. The van der Waals surface area contributed by atoms with Gasteiger partial charge in [-0.2, -0.15) is 4.31 Å². The van der Waals surface area contributed by atoms with Crippen molar-refractivity contribution in [3.05, 3.63) is 47.0 Å². The zero-order chi connectivity index (χ0) is 25.4. The summed E-state index contributed by atoms with van der Waals surface area (Å²) in [5.74, 6) is 0.292. The van der Waals surface area contributed by atoms with E-state index in [-0.39, 0.29) is 23.5 Å². The molecule has 2 unspecified atom stereocenters. The van der Waals surface area contributed by atoms with E-state index in [0.717, 1.165) is 28.6 Å². The first-order valence-corrected chi connectivity index (χ1v) is 14.6. The minimum absolute atomic E-state index is 0.112. The van der Waals surface area contributed by atoms with Gasteiger partial charge in [-0.1, -0.05) is 22.9 Å². The van der Waals surface area contributed by atoms with E-state index in [1.807, 2.05) is 19.1 Å². The molecule has 2 aromatic carbocycles. The second-order valence-corrected chi connectivity index (χ2v) is 12.4. The van der Waals surface area contributed by atoms with Gasteiger partial charge in [0.15, 0.2) is 5.13 Å². The fourth-order valence-corrected chi connectivity index (χ4v) is 7.64. The Morgan fingerprint density at radius 3 is 2.69 bits per heavy atom. The zero-order valence-corrected chi connectivity index (χ0v) is 22.5. The number of carbonyl (C=O) groups excluding carboxylic acids is 1. The number of rotatable bonds is 7. The largest absolute Gasteiger partial charge is 0.497 e. The van der Waals surface area contributed by atoms with E-state index >= 15 is 0 Å². The van der Waals surface area contributed by atoms with Crippen molar-refractivity contribution >= 4 is 54.2 Å². The van der Waals surface area contributed by atoms with Crippen molar-refractivity contribution in [1.29, 1.82) is 0 Å². The Kier molecular flexibility index (Phi) is 7.24. The molecule has 1 aromatic heterocycles. The Bertz CT molecular complexity index is 1370.